The smallest absolute Gasteiger partial charge is 0.404 e. The summed E-state index contributed by atoms with van der Waals surface area (Å²) in [5, 5.41) is 10.7. The van der Waals surface area contributed by atoms with E-state index in [2.05, 4.69) is 10.2 Å². The van der Waals surface area contributed by atoms with Crippen LogP contribution in [0.5, 0.6) is 0 Å². The average molecular weight is 234 g/mol. The molecule has 2 rings (SSSR count). The molecule has 0 radical (unpaired) electrons. The molecule has 0 aromatic rings. The highest BCUT2D eigenvalue weighted by Crippen LogP contribution is 2.56. The third-order valence-electron chi connectivity index (χ3n) is 3.49. The molecule has 0 aromatic carbocycles. The molecule has 1 aliphatic carbocycles. The van der Waals surface area contributed by atoms with Crippen molar-refractivity contribution in [2.75, 3.05) is 26.2 Å². The van der Waals surface area contributed by atoms with Crippen LogP contribution >= 0.6 is 0 Å². The van der Waals surface area contributed by atoms with E-state index in [1.54, 1.807) is 0 Å². The molecule has 1 saturated heterocycles. The Morgan fingerprint density at radius 2 is 2.12 bits per heavy atom. The summed E-state index contributed by atoms with van der Waals surface area (Å²) in [7, 11) is 0. The Hall–Kier alpha value is -0.910. The van der Waals surface area contributed by atoms with Crippen LogP contribution in [0.25, 0.3) is 0 Å². The molecule has 16 heavy (non-hydrogen) atoms. The average Bonchev–Trinajstić information content (AvgIpc) is 2.46. The first-order valence-electron chi connectivity index (χ1n) is 5.48. The Morgan fingerprint density at radius 3 is 2.69 bits per heavy atom. The fraction of sp³-hybridized carbons (Fsp3) is 0.900. The van der Waals surface area contributed by atoms with Gasteiger partial charge in [0.25, 0.3) is 0 Å². The lowest BCUT2D eigenvalue weighted by Gasteiger charge is -2.44. The summed E-state index contributed by atoms with van der Waals surface area (Å²) in [6.07, 6.45) is -0.217. The van der Waals surface area contributed by atoms with Gasteiger partial charge in [-0.3, -0.25) is 0 Å². The molecule has 2 fully saturated rings. The second-order valence-corrected chi connectivity index (χ2v) is 4.97. The Kier molecular flexibility index (Phi) is 2.77. The highest BCUT2D eigenvalue weighted by molar-refractivity contribution is 5.64. The summed E-state index contributed by atoms with van der Waals surface area (Å²) in [4.78, 5) is 12.3. The first-order valence-corrected chi connectivity index (χ1v) is 5.48. The first-order chi connectivity index (χ1) is 7.41. The first kappa shape index (κ1) is 11.6. The Labute approximate surface area is 92.6 Å². The Morgan fingerprint density at radius 1 is 1.44 bits per heavy atom. The number of carbonyl (C=O) groups is 1. The largest absolute Gasteiger partial charge is 0.465 e. The van der Waals surface area contributed by atoms with Gasteiger partial charge in [-0.2, -0.15) is 0 Å². The van der Waals surface area contributed by atoms with Gasteiger partial charge in [0.15, 0.2) is 0 Å². The Balaban J connectivity index is 1.71. The number of hydrogen-bond donors (Lipinski definition) is 2. The normalized spacial score (nSPS) is 26.6. The van der Waals surface area contributed by atoms with E-state index in [0.717, 1.165) is 13.0 Å². The van der Waals surface area contributed by atoms with E-state index in [4.69, 9.17) is 5.11 Å². The van der Waals surface area contributed by atoms with E-state index in [0.29, 0.717) is 19.6 Å². The van der Waals surface area contributed by atoms with Gasteiger partial charge in [0.05, 0.1) is 0 Å². The molecule has 0 unspecified atom stereocenters. The molecular formula is C10H16F2N2O2. The molecule has 0 aromatic heterocycles. The van der Waals surface area contributed by atoms with Gasteiger partial charge in [0.2, 0.25) is 5.92 Å². The van der Waals surface area contributed by atoms with Crippen molar-refractivity contribution >= 4 is 6.09 Å². The van der Waals surface area contributed by atoms with Crippen LogP contribution in [0.4, 0.5) is 13.6 Å². The van der Waals surface area contributed by atoms with Gasteiger partial charge >= 0.3 is 6.09 Å². The predicted molar refractivity (Wildman–Crippen MR) is 53.7 cm³/mol. The van der Waals surface area contributed by atoms with E-state index >= 15 is 0 Å². The van der Waals surface area contributed by atoms with Crippen LogP contribution in [-0.2, 0) is 0 Å². The molecule has 1 amide bonds. The van der Waals surface area contributed by atoms with Crippen molar-refractivity contribution < 1.29 is 18.7 Å². The number of likely N-dealkylation sites (tertiary alicyclic amines) is 1. The van der Waals surface area contributed by atoms with Gasteiger partial charge in [0.1, 0.15) is 0 Å². The third kappa shape index (κ3) is 2.42. The second-order valence-electron chi connectivity index (χ2n) is 4.97. The van der Waals surface area contributed by atoms with E-state index in [1.807, 2.05) is 0 Å². The van der Waals surface area contributed by atoms with Gasteiger partial charge in [-0.1, -0.05) is 0 Å². The maximum atomic E-state index is 12.8. The number of rotatable bonds is 3. The quantitative estimate of drug-likeness (QED) is 0.775. The second kappa shape index (κ2) is 3.84. The van der Waals surface area contributed by atoms with Crippen LogP contribution < -0.4 is 5.32 Å². The summed E-state index contributed by atoms with van der Waals surface area (Å²) in [6.45, 7) is 2.46. The molecule has 1 spiro atoms. The van der Waals surface area contributed by atoms with Crippen molar-refractivity contribution in [3.63, 3.8) is 0 Å². The maximum absolute atomic E-state index is 12.8. The zero-order chi connectivity index (χ0) is 11.8. The van der Waals surface area contributed by atoms with E-state index in [-0.39, 0.29) is 18.3 Å². The number of carboxylic acid groups (broad SMARTS) is 1. The molecule has 0 bridgehead atoms. The van der Waals surface area contributed by atoms with Crippen molar-refractivity contribution in [1.82, 2.24) is 10.2 Å². The van der Waals surface area contributed by atoms with Crippen LogP contribution in [0.1, 0.15) is 19.3 Å². The Bertz CT molecular complexity index is 289. The van der Waals surface area contributed by atoms with Crippen molar-refractivity contribution in [1.29, 1.82) is 0 Å². The minimum Gasteiger partial charge on any atom is -0.465 e. The van der Waals surface area contributed by atoms with Crippen LogP contribution in [0.2, 0.25) is 0 Å². The van der Waals surface area contributed by atoms with Crippen LogP contribution in [0.3, 0.4) is 0 Å². The number of hydrogen-bond acceptors (Lipinski definition) is 2. The molecular weight excluding hydrogens is 218 g/mol. The van der Waals surface area contributed by atoms with Gasteiger partial charge in [-0.05, 0) is 18.4 Å². The van der Waals surface area contributed by atoms with Crippen molar-refractivity contribution in [3.05, 3.63) is 0 Å². The molecule has 1 heterocycles. The van der Waals surface area contributed by atoms with Gasteiger partial charge in [-0.15, -0.1) is 0 Å². The predicted octanol–water partition coefficient (Wildman–Crippen LogP) is 1.38. The number of alkyl halides is 2. The molecule has 1 saturated carbocycles. The van der Waals surface area contributed by atoms with E-state index < -0.39 is 12.0 Å². The molecule has 2 aliphatic rings. The fourth-order valence-corrected chi connectivity index (χ4v) is 2.87. The highest BCUT2D eigenvalue weighted by Gasteiger charge is 2.58. The molecule has 0 atom stereocenters. The molecule has 92 valence electrons. The molecule has 1 aliphatic heterocycles. The minimum absolute atomic E-state index is 0.00284. The van der Waals surface area contributed by atoms with Crippen LogP contribution in [0, 0.1) is 5.41 Å². The lowest BCUT2D eigenvalue weighted by atomic mass is 9.65. The molecule has 6 heteroatoms. The van der Waals surface area contributed by atoms with Gasteiger partial charge in [-0.25, -0.2) is 13.6 Å². The highest BCUT2D eigenvalue weighted by atomic mass is 19.3. The summed E-state index contributed by atoms with van der Waals surface area (Å²) >= 11 is 0. The standard InChI is InChI=1S/C10H16F2N2O2/c11-10(12)5-9(6-10)1-3-14(7-9)4-2-13-8(15)16/h13H,1-7H2,(H,15,16). The zero-order valence-corrected chi connectivity index (χ0v) is 9.01. The maximum Gasteiger partial charge on any atom is 0.404 e. The topological polar surface area (TPSA) is 52.6 Å². The van der Waals surface area contributed by atoms with Crippen LogP contribution in [0.15, 0.2) is 0 Å². The lowest BCUT2D eigenvalue weighted by molar-refractivity contribution is -0.155. The summed E-state index contributed by atoms with van der Waals surface area (Å²) in [6, 6.07) is 0. The fourth-order valence-electron chi connectivity index (χ4n) is 2.87. The van der Waals surface area contributed by atoms with Crippen molar-refractivity contribution in [2.24, 2.45) is 5.41 Å². The van der Waals surface area contributed by atoms with Gasteiger partial charge < -0.3 is 15.3 Å². The number of nitrogens with zero attached hydrogens (tertiary/aromatic N) is 1. The molecule has 2 N–H and O–H groups in total. The summed E-state index contributed by atoms with van der Waals surface area (Å²) in [5.41, 5.74) is -0.188. The zero-order valence-electron chi connectivity index (χ0n) is 9.01. The summed E-state index contributed by atoms with van der Waals surface area (Å²) < 4.78 is 25.6. The monoisotopic (exact) mass is 234 g/mol. The van der Waals surface area contributed by atoms with E-state index in [9.17, 15) is 13.6 Å². The van der Waals surface area contributed by atoms with Gasteiger partial charge in [0, 0.05) is 32.5 Å². The minimum atomic E-state index is -2.46. The number of nitrogens with one attached hydrogen (secondary N) is 1. The third-order valence-corrected chi connectivity index (χ3v) is 3.49. The van der Waals surface area contributed by atoms with Crippen LogP contribution in [-0.4, -0.2) is 48.2 Å². The van der Waals surface area contributed by atoms with Crippen molar-refractivity contribution in [2.45, 2.75) is 25.2 Å². The number of halogens is 2. The summed E-state index contributed by atoms with van der Waals surface area (Å²) in [5.74, 6) is -2.46. The van der Waals surface area contributed by atoms with Crippen molar-refractivity contribution in [3.8, 4) is 0 Å². The van der Waals surface area contributed by atoms with E-state index in [1.165, 1.54) is 0 Å². The lowest BCUT2D eigenvalue weighted by Crippen LogP contribution is -2.48. The SMILES string of the molecule is O=C(O)NCCN1CCC2(C1)CC(F)(F)C2. The molecule has 4 nitrogen and oxygen atoms in total. The number of amides is 1.